The number of rotatable bonds is 5. The molecule has 4 aliphatic rings. The van der Waals surface area contributed by atoms with E-state index in [1.807, 2.05) is 6.08 Å². The van der Waals surface area contributed by atoms with Gasteiger partial charge in [-0.25, -0.2) is 4.79 Å². The van der Waals surface area contributed by atoms with Crippen molar-refractivity contribution in [1.29, 1.82) is 0 Å². The molecular formula is C25H39O4P. The first-order valence-electron chi connectivity index (χ1n) is 12.0. The molecule has 0 spiro atoms. The van der Waals surface area contributed by atoms with Crippen LogP contribution < -0.4 is 0 Å². The topological polar surface area (TPSA) is 63.6 Å². The van der Waals surface area contributed by atoms with Crippen molar-refractivity contribution in [2.75, 3.05) is 6.61 Å². The minimum absolute atomic E-state index is 0.00430. The highest BCUT2D eigenvalue weighted by atomic mass is 31.0. The van der Waals surface area contributed by atoms with Crippen molar-refractivity contribution >= 4 is 20.7 Å². The molecule has 0 aromatic heterocycles. The zero-order valence-corrected chi connectivity index (χ0v) is 20.0. The van der Waals surface area contributed by atoms with Crippen molar-refractivity contribution in [3.8, 4) is 0 Å². The average Bonchev–Trinajstić information content (AvgIpc) is 3.05. The highest BCUT2D eigenvalue weighted by Crippen LogP contribution is 2.68. The van der Waals surface area contributed by atoms with Crippen LogP contribution in [0.2, 0.25) is 0 Å². The Labute approximate surface area is 183 Å². The van der Waals surface area contributed by atoms with Crippen molar-refractivity contribution in [3.05, 3.63) is 11.6 Å². The summed E-state index contributed by atoms with van der Waals surface area (Å²) in [5.41, 5.74) is 1.18. The lowest BCUT2D eigenvalue weighted by atomic mass is 9.45. The van der Waals surface area contributed by atoms with Crippen LogP contribution in [0.5, 0.6) is 0 Å². The molecule has 0 amide bonds. The fourth-order valence-corrected chi connectivity index (χ4v) is 8.55. The Morgan fingerprint density at radius 1 is 1.27 bits per heavy atom. The van der Waals surface area contributed by atoms with Crippen LogP contribution >= 0.6 is 9.24 Å². The number of carbonyl (C=O) groups excluding carboxylic acids is 2. The van der Waals surface area contributed by atoms with Gasteiger partial charge < -0.3 is 9.84 Å². The maximum atomic E-state index is 12.1. The maximum Gasteiger partial charge on any atom is 0.320 e. The molecule has 5 heteroatoms. The average molecular weight is 435 g/mol. The quantitative estimate of drug-likeness (QED) is 0.578. The van der Waals surface area contributed by atoms with Gasteiger partial charge in [-0.15, -0.1) is 0 Å². The number of fused-ring (bicyclic) bond motifs is 5. The molecule has 1 N–H and O–H groups in total. The van der Waals surface area contributed by atoms with Crippen LogP contribution in [0.1, 0.15) is 78.6 Å². The summed E-state index contributed by atoms with van der Waals surface area (Å²) >= 11 is 0. The molecule has 3 fully saturated rings. The number of allylic oxidation sites excluding steroid dienone is 1. The van der Waals surface area contributed by atoms with Crippen LogP contribution in [0.15, 0.2) is 11.6 Å². The molecule has 4 rings (SSSR count). The molecule has 30 heavy (non-hydrogen) atoms. The van der Waals surface area contributed by atoms with Crippen LogP contribution in [-0.4, -0.2) is 29.3 Å². The zero-order valence-electron chi connectivity index (χ0n) is 18.9. The van der Waals surface area contributed by atoms with Gasteiger partial charge in [0.2, 0.25) is 0 Å². The van der Waals surface area contributed by atoms with Gasteiger partial charge in [0.05, 0.1) is 0 Å². The normalized spacial score (nSPS) is 43.8. The number of aliphatic hydroxyl groups excluding tert-OH is 1. The number of hydrogen-bond acceptors (Lipinski definition) is 4. The maximum absolute atomic E-state index is 12.1. The van der Waals surface area contributed by atoms with E-state index in [4.69, 9.17) is 4.74 Å². The van der Waals surface area contributed by atoms with Crippen LogP contribution in [0.25, 0.3) is 0 Å². The summed E-state index contributed by atoms with van der Waals surface area (Å²) in [4.78, 5) is 24.2. The number of carbonyl (C=O) groups is 2. The summed E-state index contributed by atoms with van der Waals surface area (Å²) in [6, 6.07) is 0. The number of aliphatic hydroxyl groups is 1. The lowest BCUT2D eigenvalue weighted by Gasteiger charge is -2.60. The molecule has 0 aliphatic heterocycles. The van der Waals surface area contributed by atoms with Crippen molar-refractivity contribution in [1.82, 2.24) is 0 Å². The standard InChI is InChI=1S/C25H39O4P/c1-15(5-4-12-26)19-8-9-20-18-7-6-16-13-17(27)10-11-24(16,2)21(18)14-22(25(19,20)3)29-23(28)30/h13,15,18-22,26H,4-12,14,30H2,1-3H3. The van der Waals surface area contributed by atoms with Crippen molar-refractivity contribution in [2.24, 2.45) is 40.4 Å². The van der Waals surface area contributed by atoms with E-state index in [1.54, 1.807) is 0 Å². The van der Waals surface area contributed by atoms with Gasteiger partial charge >= 0.3 is 5.71 Å². The van der Waals surface area contributed by atoms with E-state index in [-0.39, 0.29) is 35.0 Å². The summed E-state index contributed by atoms with van der Waals surface area (Å²) < 4.78 is 6.08. The van der Waals surface area contributed by atoms with Crippen LogP contribution in [0.4, 0.5) is 4.79 Å². The predicted octanol–water partition coefficient (Wildman–Crippen LogP) is 5.53. The summed E-state index contributed by atoms with van der Waals surface area (Å²) in [5, 5.41) is 9.34. The van der Waals surface area contributed by atoms with E-state index in [9.17, 15) is 14.7 Å². The van der Waals surface area contributed by atoms with E-state index in [0.717, 1.165) is 32.1 Å². The SMILES string of the molecule is CC(CCCO)C1CCC2C3CCC4=CC(=O)CCC4(C)C3CC(OC(=O)P)C12C. The second kappa shape index (κ2) is 8.32. The van der Waals surface area contributed by atoms with E-state index in [0.29, 0.717) is 36.0 Å². The smallest absolute Gasteiger partial charge is 0.320 e. The third-order valence-electron chi connectivity index (χ3n) is 9.87. The molecule has 0 aromatic rings. The van der Waals surface area contributed by atoms with Gasteiger partial charge in [0.25, 0.3) is 0 Å². The molecular weight excluding hydrogens is 395 g/mol. The summed E-state index contributed by atoms with van der Waals surface area (Å²) in [7, 11) is 2.22. The Morgan fingerprint density at radius 3 is 2.73 bits per heavy atom. The molecule has 168 valence electrons. The van der Waals surface area contributed by atoms with Crippen LogP contribution in [0.3, 0.4) is 0 Å². The third kappa shape index (κ3) is 3.51. The Morgan fingerprint density at radius 2 is 2.03 bits per heavy atom. The molecule has 0 radical (unpaired) electrons. The Bertz CT molecular complexity index is 733. The molecule has 0 heterocycles. The first kappa shape index (κ1) is 22.5. The highest BCUT2D eigenvalue weighted by Gasteiger charge is 2.64. The third-order valence-corrected chi connectivity index (χ3v) is 10.0. The molecule has 0 bridgehead atoms. The fourth-order valence-electron chi connectivity index (χ4n) is 8.39. The molecule has 0 saturated heterocycles. The number of ether oxygens (including phenoxy) is 1. The summed E-state index contributed by atoms with van der Waals surface area (Å²) in [5.74, 6) is 3.05. The molecule has 4 nitrogen and oxygen atoms in total. The second-order valence-electron chi connectivity index (χ2n) is 11.0. The van der Waals surface area contributed by atoms with Crippen LogP contribution in [-0.2, 0) is 9.53 Å². The monoisotopic (exact) mass is 434 g/mol. The largest absolute Gasteiger partial charge is 0.459 e. The van der Waals surface area contributed by atoms with Crippen molar-refractivity contribution in [3.63, 3.8) is 0 Å². The van der Waals surface area contributed by atoms with Gasteiger partial charge in [-0.3, -0.25) is 4.79 Å². The van der Waals surface area contributed by atoms with E-state index in [2.05, 4.69) is 30.0 Å². The Kier molecular flexibility index (Phi) is 6.23. The van der Waals surface area contributed by atoms with Gasteiger partial charge in [-0.05, 0) is 102 Å². The van der Waals surface area contributed by atoms with E-state index < -0.39 is 0 Å². The Balaban J connectivity index is 1.69. The van der Waals surface area contributed by atoms with E-state index in [1.165, 1.54) is 24.8 Å². The second-order valence-corrected chi connectivity index (χ2v) is 11.5. The lowest BCUT2D eigenvalue weighted by molar-refractivity contribution is -0.139. The van der Waals surface area contributed by atoms with Crippen molar-refractivity contribution in [2.45, 2.75) is 84.7 Å². The fraction of sp³-hybridized carbons (Fsp3) is 0.840. The lowest BCUT2D eigenvalue weighted by Crippen LogP contribution is -2.57. The van der Waals surface area contributed by atoms with Gasteiger partial charge in [-0.1, -0.05) is 26.3 Å². The summed E-state index contributed by atoms with van der Waals surface area (Å²) in [6.07, 6.45) is 10.9. The van der Waals surface area contributed by atoms with Crippen LogP contribution in [0, 0.1) is 40.4 Å². The predicted molar refractivity (Wildman–Crippen MR) is 121 cm³/mol. The first-order valence-corrected chi connectivity index (χ1v) is 12.6. The van der Waals surface area contributed by atoms with Gasteiger partial charge in [-0.2, -0.15) is 0 Å². The summed E-state index contributed by atoms with van der Waals surface area (Å²) in [6.45, 7) is 7.35. The minimum Gasteiger partial charge on any atom is -0.459 e. The number of hydrogen-bond donors (Lipinski definition) is 1. The van der Waals surface area contributed by atoms with Gasteiger partial charge in [0, 0.05) is 18.4 Å². The van der Waals surface area contributed by atoms with Crippen molar-refractivity contribution < 1.29 is 19.4 Å². The molecule has 9 atom stereocenters. The minimum atomic E-state index is -0.248. The number of ketones is 1. The van der Waals surface area contributed by atoms with Gasteiger partial charge in [0.1, 0.15) is 6.10 Å². The highest BCUT2D eigenvalue weighted by molar-refractivity contribution is 7.39. The molecule has 4 aliphatic carbocycles. The van der Waals surface area contributed by atoms with Gasteiger partial charge in [0.15, 0.2) is 5.78 Å². The molecule has 0 aromatic carbocycles. The first-order chi connectivity index (χ1) is 14.2. The van der Waals surface area contributed by atoms with E-state index >= 15 is 0 Å². The molecule has 3 saturated carbocycles. The Hall–Kier alpha value is -0.730. The molecule has 9 unspecified atom stereocenters. The zero-order chi connectivity index (χ0) is 21.7.